The van der Waals surface area contributed by atoms with Gasteiger partial charge in [0.1, 0.15) is 23.3 Å². The average Bonchev–Trinajstić information content (AvgIpc) is 2.95. The first-order valence-electron chi connectivity index (χ1n) is 12.0. The third-order valence-corrected chi connectivity index (χ3v) is 6.72. The van der Waals surface area contributed by atoms with Crippen LogP contribution in [-0.4, -0.2) is 43.1 Å². The summed E-state index contributed by atoms with van der Waals surface area (Å²) in [6, 6.07) is 16.5. The molecule has 1 atom stereocenters. The molecule has 2 heterocycles. The first-order chi connectivity index (χ1) is 18.5. The number of aromatic hydroxyl groups is 1. The van der Waals surface area contributed by atoms with Gasteiger partial charge in [-0.1, -0.05) is 18.2 Å². The largest absolute Gasteiger partial charge is 0.508 e. The van der Waals surface area contributed by atoms with Crippen LogP contribution in [0.3, 0.4) is 0 Å². The molecule has 0 spiro atoms. The van der Waals surface area contributed by atoms with Gasteiger partial charge in [-0.05, 0) is 47.9 Å². The molecule has 0 saturated heterocycles. The van der Waals surface area contributed by atoms with Gasteiger partial charge < -0.3 is 33.4 Å². The van der Waals surface area contributed by atoms with Crippen LogP contribution < -0.4 is 29.2 Å². The number of phenols is 1. The van der Waals surface area contributed by atoms with Crippen molar-refractivity contribution >= 4 is 0 Å². The summed E-state index contributed by atoms with van der Waals surface area (Å²) in [5.41, 5.74) is 3.66. The minimum absolute atomic E-state index is 0.0882. The van der Waals surface area contributed by atoms with E-state index in [4.69, 9.17) is 29.1 Å². The predicted molar refractivity (Wildman–Crippen MR) is 140 cm³/mol. The summed E-state index contributed by atoms with van der Waals surface area (Å²) >= 11 is 0. The summed E-state index contributed by atoms with van der Waals surface area (Å²) in [7, 11) is 6.39. The number of hydrogen-bond acceptors (Lipinski definition) is 8. The van der Waals surface area contributed by atoms with E-state index in [9.17, 15) is 5.11 Å². The lowest BCUT2D eigenvalue weighted by Gasteiger charge is -2.29. The Hall–Kier alpha value is -4.66. The molecule has 0 radical (unpaired) electrons. The summed E-state index contributed by atoms with van der Waals surface area (Å²) in [5, 5.41) is 19.3. The third-order valence-electron chi connectivity index (χ3n) is 6.72. The van der Waals surface area contributed by atoms with Gasteiger partial charge in [-0.15, -0.1) is 0 Å². The Labute approximate surface area is 220 Å². The summed E-state index contributed by atoms with van der Waals surface area (Å²) in [6.07, 6.45) is 2.27. The molecule has 2 N–H and O–H groups in total. The van der Waals surface area contributed by atoms with Gasteiger partial charge in [-0.25, -0.2) is 4.98 Å². The summed E-state index contributed by atoms with van der Waals surface area (Å²) in [5.74, 6) is 3.05. The number of benzene rings is 3. The molecule has 1 aliphatic heterocycles. The maximum atomic E-state index is 10.1. The zero-order valence-electron chi connectivity index (χ0n) is 21.6. The van der Waals surface area contributed by atoms with Crippen molar-refractivity contribution in [3.8, 4) is 40.4 Å². The number of nitrogens with zero attached hydrogens (tertiary/aromatic N) is 2. The van der Waals surface area contributed by atoms with Crippen molar-refractivity contribution in [1.29, 1.82) is 5.41 Å². The number of hydrogen-bond donors (Lipinski definition) is 2. The van der Waals surface area contributed by atoms with Crippen LogP contribution in [0.1, 0.15) is 28.2 Å². The first-order valence-corrected chi connectivity index (χ1v) is 12.0. The van der Waals surface area contributed by atoms with Gasteiger partial charge in [0.2, 0.25) is 5.88 Å². The lowest BCUT2D eigenvalue weighted by molar-refractivity contribution is 0.354. The van der Waals surface area contributed by atoms with Gasteiger partial charge in [-0.3, -0.25) is 5.41 Å². The number of rotatable bonds is 8. The van der Waals surface area contributed by atoms with Gasteiger partial charge in [0.15, 0.2) is 23.0 Å². The monoisotopic (exact) mass is 515 g/mol. The number of fused-ring (bicyclic) bond motifs is 2. The Morgan fingerprint density at radius 3 is 2.26 bits per heavy atom. The fourth-order valence-electron chi connectivity index (χ4n) is 4.79. The normalized spacial score (nSPS) is 13.6. The standard InChI is InChI=1S/C29H29N3O6/c1-34-21-9-5-17(13-24(21)36-3)11-12-32-16-31-29-27(28(32)30)26(20-8-7-19(33)15-23(20)38-29)18-6-10-22(35-2)25(14-18)37-4/h5-10,13-16,26,30,33H,11-12H2,1-4H3/t26-/m0/s1. The SMILES string of the molecule is COc1ccc(CCn2cnc3c(c2=N)[C@@H](c2ccc(OC)c(OC)c2)c2ccc(O)cc2O3)cc1OC. The molecule has 1 aromatic heterocycles. The van der Waals surface area contributed by atoms with Crippen molar-refractivity contribution in [3.63, 3.8) is 0 Å². The summed E-state index contributed by atoms with van der Waals surface area (Å²) in [6.45, 7) is 0.523. The number of phenolic OH excluding ortho intramolecular Hbond substituents is 1. The van der Waals surface area contributed by atoms with Crippen molar-refractivity contribution in [2.45, 2.75) is 18.9 Å². The molecule has 0 amide bonds. The molecule has 196 valence electrons. The quantitative estimate of drug-likeness (QED) is 0.310. The number of nitrogens with one attached hydrogen (secondary N) is 1. The van der Waals surface area contributed by atoms with Crippen LogP contribution in [0.5, 0.6) is 40.4 Å². The average molecular weight is 516 g/mol. The van der Waals surface area contributed by atoms with Gasteiger partial charge >= 0.3 is 0 Å². The molecule has 0 unspecified atom stereocenters. The molecule has 9 nitrogen and oxygen atoms in total. The molecule has 0 fully saturated rings. The van der Waals surface area contributed by atoms with Crippen molar-refractivity contribution in [2.75, 3.05) is 28.4 Å². The van der Waals surface area contributed by atoms with Crippen LogP contribution in [0.25, 0.3) is 0 Å². The second-order valence-electron chi connectivity index (χ2n) is 8.82. The fourth-order valence-corrected chi connectivity index (χ4v) is 4.79. The van der Waals surface area contributed by atoms with E-state index in [1.165, 1.54) is 0 Å². The second kappa shape index (κ2) is 10.4. The van der Waals surface area contributed by atoms with Crippen LogP contribution >= 0.6 is 0 Å². The van der Waals surface area contributed by atoms with Crippen molar-refractivity contribution in [3.05, 3.63) is 88.7 Å². The Bertz CT molecular complexity index is 1550. The number of aromatic nitrogens is 2. The van der Waals surface area contributed by atoms with Gasteiger partial charge in [0.05, 0.1) is 34.0 Å². The van der Waals surface area contributed by atoms with Crippen molar-refractivity contribution in [1.82, 2.24) is 9.55 Å². The summed E-state index contributed by atoms with van der Waals surface area (Å²) in [4.78, 5) is 4.57. The lowest BCUT2D eigenvalue weighted by Crippen LogP contribution is -2.30. The van der Waals surface area contributed by atoms with Crippen LogP contribution in [0.15, 0.2) is 60.9 Å². The number of aryl methyl sites for hydroxylation is 2. The van der Waals surface area contributed by atoms with E-state index in [1.54, 1.807) is 51.5 Å². The maximum Gasteiger partial charge on any atom is 0.228 e. The van der Waals surface area contributed by atoms with Gasteiger partial charge in [0.25, 0.3) is 0 Å². The fraction of sp³-hybridized carbons (Fsp3) is 0.241. The van der Waals surface area contributed by atoms with E-state index in [2.05, 4.69) is 4.98 Å². The van der Waals surface area contributed by atoms with Crippen LogP contribution in [0.2, 0.25) is 0 Å². The van der Waals surface area contributed by atoms with Gasteiger partial charge in [0, 0.05) is 24.1 Å². The van der Waals surface area contributed by atoms with Crippen molar-refractivity contribution in [2.24, 2.45) is 0 Å². The molecule has 1 aliphatic rings. The highest BCUT2D eigenvalue weighted by Crippen LogP contribution is 2.47. The molecule has 5 rings (SSSR count). The zero-order chi connectivity index (χ0) is 26.8. The molecular weight excluding hydrogens is 486 g/mol. The Kier molecular flexibility index (Phi) is 6.83. The maximum absolute atomic E-state index is 10.1. The van der Waals surface area contributed by atoms with E-state index in [0.29, 0.717) is 53.2 Å². The highest BCUT2D eigenvalue weighted by Gasteiger charge is 2.33. The number of ether oxygens (including phenoxy) is 5. The highest BCUT2D eigenvalue weighted by molar-refractivity contribution is 5.59. The van der Waals surface area contributed by atoms with E-state index in [1.807, 2.05) is 42.5 Å². The molecule has 0 saturated carbocycles. The Balaban J connectivity index is 1.57. The second-order valence-corrected chi connectivity index (χ2v) is 8.82. The predicted octanol–water partition coefficient (Wildman–Crippen LogP) is 4.63. The Morgan fingerprint density at radius 2 is 1.55 bits per heavy atom. The minimum atomic E-state index is -0.373. The molecule has 3 aromatic carbocycles. The molecule has 9 heteroatoms. The minimum Gasteiger partial charge on any atom is -0.508 e. The van der Waals surface area contributed by atoms with Gasteiger partial charge in [-0.2, -0.15) is 0 Å². The van der Waals surface area contributed by atoms with Crippen LogP contribution in [-0.2, 0) is 13.0 Å². The van der Waals surface area contributed by atoms with Crippen LogP contribution in [0, 0.1) is 5.41 Å². The third kappa shape index (κ3) is 4.47. The molecule has 0 bridgehead atoms. The van der Waals surface area contributed by atoms with Crippen LogP contribution in [0.4, 0.5) is 0 Å². The molecule has 38 heavy (non-hydrogen) atoms. The first kappa shape index (κ1) is 25.0. The van der Waals surface area contributed by atoms with E-state index in [-0.39, 0.29) is 17.2 Å². The summed E-state index contributed by atoms with van der Waals surface area (Å²) < 4.78 is 29.6. The number of methoxy groups -OCH3 is 4. The van der Waals surface area contributed by atoms with Crippen molar-refractivity contribution < 1.29 is 28.8 Å². The van der Waals surface area contributed by atoms with E-state index >= 15 is 0 Å². The molecule has 0 aliphatic carbocycles. The topological polar surface area (TPSA) is 108 Å². The molecular formula is C29H29N3O6. The zero-order valence-corrected chi connectivity index (χ0v) is 21.6. The smallest absolute Gasteiger partial charge is 0.228 e. The lowest BCUT2D eigenvalue weighted by atomic mass is 9.83. The van der Waals surface area contributed by atoms with E-state index in [0.717, 1.165) is 16.7 Å². The highest BCUT2D eigenvalue weighted by atomic mass is 16.5. The molecule has 4 aromatic rings. The Morgan fingerprint density at radius 1 is 0.868 bits per heavy atom. The van der Waals surface area contributed by atoms with E-state index < -0.39 is 0 Å².